The highest BCUT2D eigenvalue weighted by atomic mass is 32.1. The molecule has 33 rings (SSSR count). The Morgan fingerprint density at radius 2 is 0.476 bits per heavy atom. The van der Waals surface area contributed by atoms with Gasteiger partial charge in [0.25, 0.3) is 0 Å². The van der Waals surface area contributed by atoms with E-state index in [2.05, 4.69) is 525 Å². The van der Waals surface area contributed by atoms with Gasteiger partial charge in [-0.2, -0.15) is 0 Å². The molecule has 0 radical (unpaired) electrons. The number of hydrogen-bond donors (Lipinski definition) is 0. The van der Waals surface area contributed by atoms with Crippen LogP contribution in [0.4, 0.5) is 0 Å². The van der Waals surface area contributed by atoms with Crippen LogP contribution in [0, 0.1) is 0 Å². The summed E-state index contributed by atoms with van der Waals surface area (Å²) in [5.74, 6) is 0. The van der Waals surface area contributed by atoms with Crippen LogP contribution < -0.4 is 0 Å². The standard InChI is InChI=1S/C46H28N2O.2C46H28N2S/c1-2-12-31(13-3-1)48-41-26-23-29-11-4-5-14-33(29)45(41)39-27-38-35-15-6-8-19-40(35)47(42(38)28-43(39)48)32-24-21-30(22-25-32)34-17-10-18-37-36-16-7-9-20-44(36)49-46(34)37;1-2-12-31(13-3-1)47-39-19-8-6-16-37(39)43-40(47)27-28-41-44(43)38-26-23-29-11-4-5-14-33(29)45(38)48(41)32-24-21-30(22-25-32)34-17-10-18-36-35-15-7-9-20-42(35)49-46(34)36;1-2-12-31(13-3-1)48-41-26-23-29-11-4-5-14-33(29)45(41)39-27-38-35-15-6-8-19-40(35)47(42(38)28-43(39)48)32-24-21-30(22-25-32)34-17-10-18-37-36-16-7-9-20-44(36)49-46(34)37/h3*1-28H. The second-order valence-electron chi connectivity index (χ2n) is 38.7. The number of nitrogens with zero attached hydrogens (tertiary/aromatic N) is 6. The maximum atomic E-state index is 6.39. The van der Waals surface area contributed by atoms with Crippen LogP contribution in [-0.4, -0.2) is 27.4 Å². The number of furan rings is 1. The van der Waals surface area contributed by atoms with Crippen LogP contribution >= 0.6 is 22.7 Å². The Kier molecular flexibility index (Phi) is 18.5. The molecular formula is C138H84N6OS2. The van der Waals surface area contributed by atoms with Gasteiger partial charge in [0.2, 0.25) is 0 Å². The van der Waals surface area contributed by atoms with Crippen LogP contribution in [0.15, 0.2) is 514 Å². The van der Waals surface area contributed by atoms with Gasteiger partial charge in [-0.1, -0.05) is 352 Å². The van der Waals surface area contributed by atoms with E-state index in [9.17, 15) is 0 Å². The number of para-hydroxylation sites is 8. The van der Waals surface area contributed by atoms with Crippen LogP contribution in [0.25, 0.3) is 293 Å². The Morgan fingerprint density at radius 1 is 0.156 bits per heavy atom. The van der Waals surface area contributed by atoms with Crippen LogP contribution in [0.1, 0.15) is 0 Å². The molecule has 0 saturated carbocycles. The predicted octanol–water partition coefficient (Wildman–Crippen LogP) is 38.7. The molecule has 0 saturated heterocycles. The summed E-state index contributed by atoms with van der Waals surface area (Å²) in [4.78, 5) is 0. The summed E-state index contributed by atoms with van der Waals surface area (Å²) in [6.45, 7) is 0. The Hall–Kier alpha value is -18.9. The van der Waals surface area contributed by atoms with Gasteiger partial charge >= 0.3 is 0 Å². The first kappa shape index (κ1) is 82.8. The maximum absolute atomic E-state index is 6.39. The van der Waals surface area contributed by atoms with Gasteiger partial charge in [0.15, 0.2) is 0 Å². The third kappa shape index (κ3) is 12.7. The number of hydrogen-bond acceptors (Lipinski definition) is 3. The summed E-state index contributed by atoms with van der Waals surface area (Å²) >= 11 is 3.77. The molecule has 0 bridgehead atoms. The van der Waals surface area contributed by atoms with Gasteiger partial charge in [-0.05, 0) is 212 Å². The Labute approximate surface area is 850 Å². The number of thiophene rings is 2. The smallest absolute Gasteiger partial charge is 0.143 e. The van der Waals surface area contributed by atoms with Crippen LogP contribution in [-0.2, 0) is 0 Å². The summed E-state index contributed by atoms with van der Waals surface area (Å²) in [7, 11) is 0. The summed E-state index contributed by atoms with van der Waals surface area (Å²) in [5, 5.41) is 30.5. The Balaban J connectivity index is 0.0000000999. The van der Waals surface area contributed by atoms with E-state index in [0.29, 0.717) is 0 Å². The van der Waals surface area contributed by atoms with Crippen molar-refractivity contribution in [1.82, 2.24) is 27.4 Å². The highest BCUT2D eigenvalue weighted by molar-refractivity contribution is 7.26. The van der Waals surface area contributed by atoms with E-state index >= 15 is 0 Å². The van der Waals surface area contributed by atoms with Crippen molar-refractivity contribution < 1.29 is 4.42 Å². The Bertz CT molecular complexity index is 10900. The van der Waals surface area contributed by atoms with E-state index in [1.807, 2.05) is 34.8 Å². The molecule has 9 aromatic heterocycles. The highest BCUT2D eigenvalue weighted by Gasteiger charge is 2.28. The van der Waals surface area contributed by atoms with Crippen molar-refractivity contribution in [3.05, 3.63) is 510 Å². The van der Waals surface area contributed by atoms with Crippen molar-refractivity contribution in [2.45, 2.75) is 0 Å². The molecule has 0 aliphatic carbocycles. The van der Waals surface area contributed by atoms with Gasteiger partial charge in [0, 0.05) is 161 Å². The molecule has 7 nitrogen and oxygen atoms in total. The molecule has 24 aromatic carbocycles. The zero-order valence-electron chi connectivity index (χ0n) is 79.4. The third-order valence-electron chi connectivity index (χ3n) is 30.9. The van der Waals surface area contributed by atoms with Gasteiger partial charge in [-0.25, -0.2) is 0 Å². The maximum Gasteiger partial charge on any atom is 0.143 e. The molecule has 0 unspecified atom stereocenters. The molecule has 147 heavy (non-hydrogen) atoms. The van der Waals surface area contributed by atoms with E-state index in [4.69, 9.17) is 4.42 Å². The minimum Gasteiger partial charge on any atom is -0.455 e. The molecular weight excluding hydrogens is 1820 g/mol. The molecule has 33 aromatic rings. The second kappa shape index (κ2) is 32.8. The average molecular weight is 1910 g/mol. The minimum absolute atomic E-state index is 0.916. The van der Waals surface area contributed by atoms with E-state index in [0.717, 1.165) is 55.8 Å². The van der Waals surface area contributed by atoms with Crippen LogP contribution in [0.3, 0.4) is 0 Å². The van der Waals surface area contributed by atoms with E-state index in [-0.39, 0.29) is 0 Å². The lowest BCUT2D eigenvalue weighted by Crippen LogP contribution is -1.96. The van der Waals surface area contributed by atoms with Crippen molar-refractivity contribution in [3.63, 3.8) is 0 Å². The topological polar surface area (TPSA) is 42.7 Å². The molecule has 9 heteroatoms. The molecule has 684 valence electrons. The molecule has 0 aliphatic rings. The normalized spacial score (nSPS) is 12.1. The lowest BCUT2D eigenvalue weighted by atomic mass is 10.0. The van der Waals surface area contributed by atoms with E-state index < -0.39 is 0 Å². The molecule has 0 spiro atoms. The lowest BCUT2D eigenvalue weighted by Gasteiger charge is -2.12. The number of benzene rings is 24. The number of rotatable bonds is 9. The molecule has 0 atom stereocenters. The summed E-state index contributed by atoms with van der Waals surface area (Å²) in [5.41, 5.74) is 30.6. The first-order valence-electron chi connectivity index (χ1n) is 50.3. The first-order valence-corrected chi connectivity index (χ1v) is 52.0. The first-order chi connectivity index (χ1) is 73.0. The fraction of sp³-hybridized carbons (Fsp3) is 0. The summed E-state index contributed by atoms with van der Waals surface area (Å²) in [6, 6.07) is 186. The fourth-order valence-corrected chi connectivity index (χ4v) is 27.0. The van der Waals surface area contributed by atoms with E-state index in [1.54, 1.807) is 0 Å². The van der Waals surface area contributed by atoms with Gasteiger partial charge in [-0.3, -0.25) is 0 Å². The minimum atomic E-state index is 0.916. The lowest BCUT2D eigenvalue weighted by molar-refractivity contribution is 0.670. The van der Waals surface area contributed by atoms with Gasteiger partial charge in [0.1, 0.15) is 11.2 Å². The van der Waals surface area contributed by atoms with Crippen LogP contribution in [0.2, 0.25) is 0 Å². The summed E-state index contributed by atoms with van der Waals surface area (Å²) in [6.07, 6.45) is 0. The number of aromatic nitrogens is 6. The summed E-state index contributed by atoms with van der Waals surface area (Å²) < 4.78 is 26.4. The van der Waals surface area contributed by atoms with Crippen molar-refractivity contribution in [3.8, 4) is 67.5 Å². The Morgan fingerprint density at radius 3 is 0.973 bits per heavy atom. The van der Waals surface area contributed by atoms with Gasteiger partial charge < -0.3 is 31.8 Å². The number of fused-ring (bicyclic) bond motifs is 34. The molecule has 0 aliphatic heterocycles. The average Bonchev–Trinajstić information content (AvgIpc) is 1.56. The fourth-order valence-electron chi connectivity index (χ4n) is 24.5. The van der Waals surface area contributed by atoms with Crippen molar-refractivity contribution in [2.75, 3.05) is 0 Å². The van der Waals surface area contributed by atoms with Crippen LogP contribution in [0.5, 0.6) is 0 Å². The molecule has 0 amide bonds. The quantitative estimate of drug-likeness (QED) is 0.142. The van der Waals surface area contributed by atoms with Crippen molar-refractivity contribution in [2.24, 2.45) is 0 Å². The van der Waals surface area contributed by atoms with Crippen molar-refractivity contribution in [1.29, 1.82) is 0 Å². The zero-order chi connectivity index (χ0) is 96.2. The molecule has 0 N–H and O–H groups in total. The highest BCUT2D eigenvalue weighted by Crippen LogP contribution is 2.51. The molecule has 0 fully saturated rings. The molecule has 9 heterocycles. The zero-order valence-corrected chi connectivity index (χ0v) is 81.0. The van der Waals surface area contributed by atoms with Crippen molar-refractivity contribution >= 4 is 248 Å². The SMILES string of the molecule is c1ccc(-n2c3cc4c(cc3c3c5ccccc5ccc32)c2ccccc2n4-c2ccc(-c3cccc4c3oc3ccccc34)cc2)cc1.c1ccc(-n2c3cc4c(cc3c3c5ccccc5ccc32)c2ccccc2n4-c2ccc(-c3cccc4c3sc3ccccc34)cc2)cc1.c1ccc(-n2c3ccccc3c3c4c5ccc6ccccc6c5n(-c5ccc(-c6cccc7c6sc6ccccc67)cc5)c4ccc32)cc1. The predicted molar refractivity (Wildman–Crippen MR) is 627 cm³/mol. The monoisotopic (exact) mass is 1900 g/mol. The second-order valence-corrected chi connectivity index (χ2v) is 40.8. The van der Waals surface area contributed by atoms with Gasteiger partial charge in [-0.15, -0.1) is 22.7 Å². The third-order valence-corrected chi connectivity index (χ3v) is 33.4. The van der Waals surface area contributed by atoms with E-state index in [1.165, 1.54) is 237 Å². The van der Waals surface area contributed by atoms with Gasteiger partial charge in [0.05, 0.1) is 66.2 Å². The largest absolute Gasteiger partial charge is 0.455 e.